The second-order valence-corrected chi connectivity index (χ2v) is 5.89. The van der Waals surface area contributed by atoms with E-state index < -0.39 is 30.6 Å². The van der Waals surface area contributed by atoms with Gasteiger partial charge in [-0.1, -0.05) is 6.58 Å². The molecule has 0 heterocycles. The molecule has 0 saturated heterocycles. The van der Waals surface area contributed by atoms with Crippen LogP contribution in [-0.4, -0.2) is 39.5 Å². The fourth-order valence-corrected chi connectivity index (χ4v) is 2.48. The third kappa shape index (κ3) is 5.33. The Morgan fingerprint density at radius 2 is 1.68 bits per heavy atom. The van der Waals surface area contributed by atoms with Crippen LogP contribution in [0.1, 0.15) is 44.9 Å². The summed E-state index contributed by atoms with van der Waals surface area (Å²) >= 11 is 0. The lowest BCUT2D eigenvalue weighted by molar-refractivity contribution is -0.407. The molecule has 0 fully saturated rings. The normalized spacial score (nSPS) is 18.2. The second-order valence-electron chi connectivity index (χ2n) is 5.89. The fraction of sp³-hybridized carbons (Fsp3) is 0.529. The molecule has 0 amide bonds. The average molecular weight is 354 g/mol. The smallest absolute Gasteiger partial charge is 0.435 e. The Bertz CT molecular complexity index is 578. The van der Waals surface area contributed by atoms with Gasteiger partial charge in [-0.3, -0.25) is 4.79 Å². The number of carboxylic acids is 1. The Morgan fingerprint density at radius 3 is 2.08 bits per heavy atom. The van der Waals surface area contributed by atoms with Crippen molar-refractivity contribution in [3.05, 3.63) is 35.8 Å². The Labute approximate surface area is 145 Å². The standard InChI is InChI=1S/C17H22O8/c1-11(10-14(18)19)15(20)23-16(21)17(22,24-12-6-2-3-7-12)25-13-8-4-5-9-13/h6,8,16,21-22H,1-5,7,9-10H2,(H,18,19). The SMILES string of the molecule is C=C(CC(=O)O)C(=O)OC(O)C(O)(OC1=CCCC1)OC1=CCCC1. The van der Waals surface area contributed by atoms with Crippen molar-refractivity contribution in [2.45, 2.75) is 57.2 Å². The zero-order chi connectivity index (χ0) is 18.4. The number of allylic oxidation sites excluding steroid dienone is 4. The van der Waals surface area contributed by atoms with Crippen LogP contribution in [0.15, 0.2) is 35.8 Å². The van der Waals surface area contributed by atoms with Gasteiger partial charge in [0.1, 0.15) is 0 Å². The molecule has 0 saturated carbocycles. The summed E-state index contributed by atoms with van der Waals surface area (Å²) in [4.78, 5) is 22.4. The summed E-state index contributed by atoms with van der Waals surface area (Å²) in [6.07, 6.45) is 4.95. The maximum atomic E-state index is 11.8. The van der Waals surface area contributed by atoms with Gasteiger partial charge in [0, 0.05) is 18.4 Å². The number of aliphatic hydroxyl groups is 2. The van der Waals surface area contributed by atoms with Crippen LogP contribution >= 0.6 is 0 Å². The molecule has 138 valence electrons. The highest BCUT2D eigenvalue weighted by molar-refractivity contribution is 5.92. The summed E-state index contributed by atoms with van der Waals surface area (Å²) in [5.41, 5.74) is -0.380. The minimum Gasteiger partial charge on any atom is -0.481 e. The van der Waals surface area contributed by atoms with Crippen molar-refractivity contribution in [3.8, 4) is 0 Å². The molecule has 1 unspecified atom stereocenters. The molecule has 8 heteroatoms. The van der Waals surface area contributed by atoms with Crippen LogP contribution in [0.4, 0.5) is 0 Å². The first-order valence-electron chi connectivity index (χ1n) is 8.07. The number of esters is 1. The predicted molar refractivity (Wildman–Crippen MR) is 84.5 cm³/mol. The summed E-state index contributed by atoms with van der Waals surface area (Å²) in [5, 5.41) is 29.4. The van der Waals surface area contributed by atoms with E-state index in [-0.39, 0.29) is 5.57 Å². The molecule has 1 atom stereocenters. The number of carbonyl (C=O) groups excluding carboxylic acids is 1. The van der Waals surface area contributed by atoms with Crippen LogP contribution in [0.2, 0.25) is 0 Å². The van der Waals surface area contributed by atoms with E-state index in [1.165, 1.54) is 0 Å². The number of aliphatic carboxylic acids is 1. The van der Waals surface area contributed by atoms with Gasteiger partial charge < -0.3 is 29.5 Å². The van der Waals surface area contributed by atoms with Crippen LogP contribution in [0.5, 0.6) is 0 Å². The van der Waals surface area contributed by atoms with E-state index in [0.717, 1.165) is 25.7 Å². The molecule has 0 aliphatic heterocycles. The van der Waals surface area contributed by atoms with Gasteiger partial charge in [-0.15, -0.1) is 0 Å². The van der Waals surface area contributed by atoms with Crippen LogP contribution in [-0.2, 0) is 23.8 Å². The molecule has 2 aliphatic rings. The molecule has 2 rings (SSSR count). The molecule has 2 aliphatic carbocycles. The molecule has 0 aromatic rings. The van der Waals surface area contributed by atoms with Crippen molar-refractivity contribution >= 4 is 11.9 Å². The molecule has 0 bridgehead atoms. The minimum atomic E-state index is -2.62. The summed E-state index contributed by atoms with van der Waals surface area (Å²) < 4.78 is 15.4. The quantitative estimate of drug-likeness (QED) is 0.325. The number of hydrogen-bond donors (Lipinski definition) is 3. The van der Waals surface area contributed by atoms with Crippen LogP contribution in [0, 0.1) is 0 Å². The first-order chi connectivity index (χ1) is 11.8. The van der Waals surface area contributed by atoms with Crippen LogP contribution < -0.4 is 0 Å². The van der Waals surface area contributed by atoms with Crippen molar-refractivity contribution in [1.82, 2.24) is 0 Å². The molecule has 3 N–H and O–H groups in total. The van der Waals surface area contributed by atoms with Gasteiger partial charge in [-0.05, 0) is 37.8 Å². The number of aliphatic hydroxyl groups excluding tert-OH is 1. The number of rotatable bonds is 9. The van der Waals surface area contributed by atoms with Crippen LogP contribution in [0.3, 0.4) is 0 Å². The highest BCUT2D eigenvalue weighted by Gasteiger charge is 2.46. The topological polar surface area (TPSA) is 123 Å². The molecule has 0 aromatic heterocycles. The van der Waals surface area contributed by atoms with Crippen molar-refractivity contribution in [1.29, 1.82) is 0 Å². The fourth-order valence-electron chi connectivity index (χ4n) is 2.48. The highest BCUT2D eigenvalue weighted by atomic mass is 16.9. The molecule has 0 radical (unpaired) electrons. The van der Waals surface area contributed by atoms with E-state index >= 15 is 0 Å². The van der Waals surface area contributed by atoms with E-state index in [9.17, 15) is 19.8 Å². The third-order valence-electron chi connectivity index (χ3n) is 3.74. The lowest BCUT2D eigenvalue weighted by Gasteiger charge is -2.32. The first-order valence-corrected chi connectivity index (χ1v) is 8.07. The maximum Gasteiger partial charge on any atom is 0.435 e. The summed E-state index contributed by atoms with van der Waals surface area (Å²) in [7, 11) is 0. The summed E-state index contributed by atoms with van der Waals surface area (Å²) in [6, 6.07) is 0. The van der Waals surface area contributed by atoms with Crippen molar-refractivity contribution in [2.24, 2.45) is 0 Å². The van der Waals surface area contributed by atoms with Crippen molar-refractivity contribution < 1.29 is 39.1 Å². The minimum absolute atomic E-state index is 0.380. The Hall–Kier alpha value is -2.32. The number of ether oxygens (including phenoxy) is 3. The van der Waals surface area contributed by atoms with Gasteiger partial charge in [-0.25, -0.2) is 4.79 Å². The Balaban J connectivity index is 2.08. The zero-order valence-corrected chi connectivity index (χ0v) is 13.8. The highest BCUT2D eigenvalue weighted by Crippen LogP contribution is 2.31. The van der Waals surface area contributed by atoms with Gasteiger partial charge in [0.15, 0.2) is 0 Å². The molecule has 8 nitrogen and oxygen atoms in total. The zero-order valence-electron chi connectivity index (χ0n) is 13.8. The first kappa shape index (κ1) is 19.0. The summed E-state index contributed by atoms with van der Waals surface area (Å²) in [5.74, 6) is -4.22. The number of carboxylic acid groups (broad SMARTS) is 1. The van der Waals surface area contributed by atoms with Crippen molar-refractivity contribution in [2.75, 3.05) is 0 Å². The second kappa shape index (κ2) is 8.17. The van der Waals surface area contributed by atoms with E-state index in [0.29, 0.717) is 24.4 Å². The van der Waals surface area contributed by atoms with Crippen molar-refractivity contribution in [3.63, 3.8) is 0 Å². The molecular formula is C17H22O8. The monoisotopic (exact) mass is 354 g/mol. The lowest BCUT2D eigenvalue weighted by atomic mass is 10.2. The molecule has 0 aromatic carbocycles. The van der Waals surface area contributed by atoms with Gasteiger partial charge in [0.05, 0.1) is 17.9 Å². The van der Waals surface area contributed by atoms with Gasteiger partial charge in [-0.2, -0.15) is 0 Å². The van der Waals surface area contributed by atoms with Gasteiger partial charge in [0.2, 0.25) is 0 Å². The molecule has 0 spiro atoms. The van der Waals surface area contributed by atoms with E-state index in [2.05, 4.69) is 6.58 Å². The Morgan fingerprint density at radius 1 is 1.16 bits per heavy atom. The van der Waals surface area contributed by atoms with E-state index in [1.54, 1.807) is 12.2 Å². The molecular weight excluding hydrogens is 332 g/mol. The van der Waals surface area contributed by atoms with Crippen LogP contribution in [0.25, 0.3) is 0 Å². The maximum absolute atomic E-state index is 11.8. The number of hydrogen-bond acceptors (Lipinski definition) is 7. The predicted octanol–water partition coefficient (Wildman–Crippen LogP) is 1.69. The van der Waals surface area contributed by atoms with E-state index in [1.807, 2.05) is 0 Å². The number of carbonyl (C=O) groups is 2. The summed E-state index contributed by atoms with van der Waals surface area (Å²) in [6.45, 7) is 3.28. The van der Waals surface area contributed by atoms with Gasteiger partial charge >= 0.3 is 24.2 Å². The van der Waals surface area contributed by atoms with Gasteiger partial charge in [0.25, 0.3) is 0 Å². The van der Waals surface area contributed by atoms with E-state index in [4.69, 9.17) is 19.3 Å². The lowest BCUT2D eigenvalue weighted by Crippen LogP contribution is -2.49. The largest absolute Gasteiger partial charge is 0.481 e. The third-order valence-corrected chi connectivity index (χ3v) is 3.74. The molecule has 25 heavy (non-hydrogen) atoms. The average Bonchev–Trinajstić information content (AvgIpc) is 3.20. The Kier molecular flexibility index (Phi) is 6.22.